The Balaban J connectivity index is 1.76. The first-order chi connectivity index (χ1) is 13.5. The van der Waals surface area contributed by atoms with Crippen LogP contribution >= 0.6 is 0 Å². The molecule has 0 aliphatic carbocycles. The molecule has 156 valence electrons. The summed E-state index contributed by atoms with van der Waals surface area (Å²) in [5.74, 6) is 0.924. The molecule has 1 fully saturated rings. The van der Waals surface area contributed by atoms with Gasteiger partial charge in [-0.1, -0.05) is 12.1 Å². The van der Waals surface area contributed by atoms with E-state index in [9.17, 15) is 9.59 Å². The Morgan fingerprint density at radius 1 is 1.14 bits per heavy atom. The average Bonchev–Trinajstić information content (AvgIpc) is 2.73. The predicted molar refractivity (Wildman–Crippen MR) is 108 cm³/mol. The summed E-state index contributed by atoms with van der Waals surface area (Å²) in [6, 6.07) is 7.64. The highest BCUT2D eigenvalue weighted by Crippen LogP contribution is 2.14. The molecule has 7 nitrogen and oxygen atoms in total. The Morgan fingerprint density at radius 2 is 1.82 bits per heavy atom. The highest BCUT2D eigenvalue weighted by atomic mass is 16.5. The van der Waals surface area contributed by atoms with Gasteiger partial charge < -0.3 is 19.3 Å². The third-order valence-electron chi connectivity index (χ3n) is 5.14. The van der Waals surface area contributed by atoms with Gasteiger partial charge in [0.15, 0.2) is 0 Å². The van der Waals surface area contributed by atoms with Gasteiger partial charge in [0.05, 0.1) is 20.3 Å². The third-order valence-corrected chi connectivity index (χ3v) is 5.14. The van der Waals surface area contributed by atoms with E-state index in [0.29, 0.717) is 39.3 Å². The second-order valence-electron chi connectivity index (χ2n) is 6.97. The monoisotopic (exact) mass is 391 g/mol. The number of hydrogen-bond donors (Lipinski definition) is 0. The summed E-state index contributed by atoms with van der Waals surface area (Å²) < 4.78 is 11.0. The quantitative estimate of drug-likeness (QED) is 0.640. The molecule has 2 rings (SSSR count). The maximum atomic E-state index is 12.7. The summed E-state index contributed by atoms with van der Waals surface area (Å²) in [6.07, 6.45) is -0.505. The maximum absolute atomic E-state index is 12.7. The number of nitrogens with zero attached hydrogens (tertiary/aromatic N) is 3. The molecular weight excluding hydrogens is 358 g/mol. The van der Waals surface area contributed by atoms with Crippen molar-refractivity contribution in [2.45, 2.75) is 33.5 Å². The number of piperazine rings is 1. The number of amides is 2. The van der Waals surface area contributed by atoms with E-state index in [2.05, 4.69) is 4.90 Å². The van der Waals surface area contributed by atoms with Crippen molar-refractivity contribution in [2.24, 2.45) is 0 Å². The van der Waals surface area contributed by atoms with Gasteiger partial charge in [0, 0.05) is 39.3 Å². The molecule has 0 spiro atoms. The van der Waals surface area contributed by atoms with E-state index in [1.54, 1.807) is 14.0 Å². The van der Waals surface area contributed by atoms with Crippen LogP contribution in [0, 0.1) is 0 Å². The second-order valence-corrected chi connectivity index (χ2v) is 6.97. The molecule has 1 heterocycles. The maximum Gasteiger partial charge on any atom is 0.251 e. The minimum Gasteiger partial charge on any atom is -0.497 e. The molecule has 7 heteroatoms. The van der Waals surface area contributed by atoms with E-state index < -0.39 is 6.10 Å². The minimum absolute atomic E-state index is 0.00221. The van der Waals surface area contributed by atoms with E-state index >= 15 is 0 Å². The summed E-state index contributed by atoms with van der Waals surface area (Å²) in [7, 11) is 1.63. The Labute approximate surface area is 168 Å². The number of hydrogen-bond acceptors (Lipinski definition) is 5. The van der Waals surface area contributed by atoms with E-state index in [1.165, 1.54) is 0 Å². The highest BCUT2D eigenvalue weighted by molar-refractivity contribution is 5.81. The van der Waals surface area contributed by atoms with Crippen LogP contribution in [0.3, 0.4) is 0 Å². The van der Waals surface area contributed by atoms with Crippen LogP contribution in [0.25, 0.3) is 0 Å². The van der Waals surface area contributed by atoms with Crippen molar-refractivity contribution in [3.63, 3.8) is 0 Å². The second kappa shape index (κ2) is 11.0. The van der Waals surface area contributed by atoms with Gasteiger partial charge in [0.25, 0.3) is 5.91 Å². The molecule has 0 saturated carbocycles. The predicted octanol–water partition coefficient (Wildman–Crippen LogP) is 1.61. The van der Waals surface area contributed by atoms with Gasteiger partial charge in [-0.05, 0) is 38.5 Å². The topological polar surface area (TPSA) is 62.3 Å². The van der Waals surface area contributed by atoms with E-state index in [4.69, 9.17) is 9.47 Å². The Kier molecular flexibility index (Phi) is 8.73. The fourth-order valence-corrected chi connectivity index (χ4v) is 3.31. The first kappa shape index (κ1) is 22.2. The summed E-state index contributed by atoms with van der Waals surface area (Å²) in [5.41, 5.74) is 0.971. The SMILES string of the molecule is CCN(CC)C(=O)CN1CCN(C(=O)C(C)OCc2cccc(OC)c2)CC1. The lowest BCUT2D eigenvalue weighted by atomic mass is 10.2. The molecule has 0 radical (unpaired) electrons. The molecule has 0 bridgehead atoms. The fraction of sp³-hybridized carbons (Fsp3) is 0.619. The van der Waals surface area contributed by atoms with Crippen molar-refractivity contribution in [1.29, 1.82) is 0 Å². The summed E-state index contributed by atoms with van der Waals surface area (Å²) in [6.45, 7) is 10.7. The average molecular weight is 392 g/mol. The third kappa shape index (κ3) is 6.21. The van der Waals surface area contributed by atoms with Crippen LogP contribution in [-0.4, -0.2) is 85.5 Å². The van der Waals surface area contributed by atoms with Gasteiger partial charge in [-0.25, -0.2) is 0 Å². The number of methoxy groups -OCH3 is 1. The van der Waals surface area contributed by atoms with Gasteiger partial charge in [-0.15, -0.1) is 0 Å². The van der Waals surface area contributed by atoms with Crippen LogP contribution < -0.4 is 4.74 Å². The summed E-state index contributed by atoms with van der Waals surface area (Å²) >= 11 is 0. The van der Waals surface area contributed by atoms with Crippen molar-refractivity contribution in [1.82, 2.24) is 14.7 Å². The lowest BCUT2D eigenvalue weighted by Crippen LogP contribution is -2.53. The van der Waals surface area contributed by atoms with Gasteiger partial charge in [0.2, 0.25) is 5.91 Å². The number of benzene rings is 1. The van der Waals surface area contributed by atoms with Crippen LogP contribution in [0.2, 0.25) is 0 Å². The molecule has 2 amide bonds. The zero-order chi connectivity index (χ0) is 20.5. The highest BCUT2D eigenvalue weighted by Gasteiger charge is 2.26. The number of rotatable bonds is 9. The van der Waals surface area contributed by atoms with Crippen LogP contribution in [0.15, 0.2) is 24.3 Å². The minimum atomic E-state index is -0.505. The normalized spacial score (nSPS) is 15.9. The first-order valence-corrected chi connectivity index (χ1v) is 10.0. The Bertz CT molecular complexity index is 640. The first-order valence-electron chi connectivity index (χ1n) is 10.0. The van der Waals surface area contributed by atoms with E-state index in [0.717, 1.165) is 24.4 Å². The lowest BCUT2D eigenvalue weighted by molar-refractivity contribution is -0.145. The van der Waals surface area contributed by atoms with Crippen molar-refractivity contribution in [3.8, 4) is 5.75 Å². The number of carbonyl (C=O) groups excluding carboxylic acids is 2. The van der Waals surface area contributed by atoms with Crippen molar-refractivity contribution >= 4 is 11.8 Å². The fourth-order valence-electron chi connectivity index (χ4n) is 3.31. The molecule has 1 saturated heterocycles. The van der Waals surface area contributed by atoms with Gasteiger partial charge in [-0.2, -0.15) is 0 Å². The molecule has 0 N–H and O–H groups in total. The molecule has 1 aliphatic heterocycles. The Hall–Kier alpha value is -2.12. The van der Waals surface area contributed by atoms with Crippen LogP contribution in [0.5, 0.6) is 5.75 Å². The molecular formula is C21H33N3O4. The lowest BCUT2D eigenvalue weighted by Gasteiger charge is -2.36. The van der Waals surface area contributed by atoms with Crippen LogP contribution in [0.1, 0.15) is 26.3 Å². The number of carbonyl (C=O) groups is 2. The summed E-state index contributed by atoms with van der Waals surface area (Å²) in [4.78, 5) is 30.7. The zero-order valence-corrected chi connectivity index (χ0v) is 17.5. The smallest absolute Gasteiger partial charge is 0.251 e. The standard InChI is InChI=1S/C21H33N3O4/c1-5-23(6-2)20(25)15-22-10-12-24(13-11-22)21(26)17(3)28-16-18-8-7-9-19(14-18)27-4/h7-9,14,17H,5-6,10-13,15-16H2,1-4H3. The van der Waals surface area contributed by atoms with Gasteiger partial charge in [-0.3, -0.25) is 14.5 Å². The van der Waals surface area contributed by atoms with Gasteiger partial charge >= 0.3 is 0 Å². The molecule has 28 heavy (non-hydrogen) atoms. The van der Waals surface area contributed by atoms with Crippen molar-refractivity contribution in [3.05, 3.63) is 29.8 Å². The molecule has 1 aromatic carbocycles. The van der Waals surface area contributed by atoms with Crippen molar-refractivity contribution < 1.29 is 19.1 Å². The molecule has 1 aromatic rings. The van der Waals surface area contributed by atoms with E-state index in [1.807, 2.05) is 47.9 Å². The van der Waals surface area contributed by atoms with Crippen LogP contribution in [-0.2, 0) is 20.9 Å². The van der Waals surface area contributed by atoms with Crippen LogP contribution in [0.4, 0.5) is 0 Å². The van der Waals surface area contributed by atoms with Crippen molar-refractivity contribution in [2.75, 3.05) is 52.9 Å². The largest absolute Gasteiger partial charge is 0.497 e. The number of ether oxygens (including phenoxy) is 2. The molecule has 1 atom stereocenters. The number of likely N-dealkylation sites (N-methyl/N-ethyl adjacent to an activating group) is 1. The van der Waals surface area contributed by atoms with E-state index in [-0.39, 0.29) is 11.8 Å². The summed E-state index contributed by atoms with van der Waals surface area (Å²) in [5, 5.41) is 0. The zero-order valence-electron chi connectivity index (χ0n) is 17.5. The Morgan fingerprint density at radius 3 is 2.43 bits per heavy atom. The molecule has 0 aromatic heterocycles. The molecule has 1 aliphatic rings. The van der Waals surface area contributed by atoms with Gasteiger partial charge in [0.1, 0.15) is 11.9 Å². The molecule has 1 unspecified atom stereocenters.